The van der Waals surface area contributed by atoms with E-state index in [0.717, 1.165) is 12.8 Å². The standard InChI is InChI=1S/C16H20N2O3/c19-14(10-21-11-6-2-1-3-7-11)17-18-16(20)15-12-8-4-5-9-13(12)15/h1-3,6-7,12-13,15H,4-5,8-10H2,(H,17,19)(H,18,20). The van der Waals surface area contributed by atoms with Gasteiger partial charge in [-0.15, -0.1) is 0 Å². The Balaban J connectivity index is 1.37. The molecule has 1 aromatic carbocycles. The number of hydrogen-bond acceptors (Lipinski definition) is 3. The molecule has 0 radical (unpaired) electrons. The maximum Gasteiger partial charge on any atom is 0.276 e. The fourth-order valence-electron chi connectivity index (χ4n) is 3.30. The van der Waals surface area contributed by atoms with Crippen LogP contribution in [0.1, 0.15) is 25.7 Å². The summed E-state index contributed by atoms with van der Waals surface area (Å²) in [5.74, 6) is 1.40. The van der Waals surface area contributed by atoms with Gasteiger partial charge in [0.2, 0.25) is 5.91 Å². The number of fused-ring (bicyclic) bond motifs is 1. The zero-order valence-corrected chi connectivity index (χ0v) is 11.9. The molecular weight excluding hydrogens is 268 g/mol. The molecule has 112 valence electrons. The van der Waals surface area contributed by atoms with Gasteiger partial charge in [-0.05, 0) is 36.8 Å². The van der Waals surface area contributed by atoms with Gasteiger partial charge in [-0.25, -0.2) is 0 Å². The van der Waals surface area contributed by atoms with Crippen LogP contribution in [0.5, 0.6) is 5.75 Å². The van der Waals surface area contributed by atoms with Gasteiger partial charge in [0, 0.05) is 5.92 Å². The van der Waals surface area contributed by atoms with Crippen molar-refractivity contribution in [3.05, 3.63) is 30.3 Å². The summed E-state index contributed by atoms with van der Waals surface area (Å²) in [6.45, 7) is -0.109. The summed E-state index contributed by atoms with van der Waals surface area (Å²) in [6, 6.07) is 9.11. The van der Waals surface area contributed by atoms with E-state index in [4.69, 9.17) is 4.74 Å². The van der Waals surface area contributed by atoms with Gasteiger partial charge >= 0.3 is 0 Å². The molecule has 21 heavy (non-hydrogen) atoms. The minimum absolute atomic E-state index is 0.0556. The van der Waals surface area contributed by atoms with Crippen molar-refractivity contribution in [1.82, 2.24) is 10.9 Å². The number of hydrogen-bond donors (Lipinski definition) is 2. The Morgan fingerprint density at radius 2 is 1.71 bits per heavy atom. The molecular formula is C16H20N2O3. The van der Waals surface area contributed by atoms with Crippen molar-refractivity contribution in [2.45, 2.75) is 25.7 Å². The van der Waals surface area contributed by atoms with Crippen molar-refractivity contribution in [1.29, 1.82) is 0 Å². The molecule has 2 N–H and O–H groups in total. The summed E-state index contributed by atoms with van der Waals surface area (Å²) in [7, 11) is 0. The van der Waals surface area contributed by atoms with Crippen molar-refractivity contribution in [3.63, 3.8) is 0 Å². The maximum atomic E-state index is 12.0. The molecule has 2 atom stereocenters. The predicted molar refractivity (Wildman–Crippen MR) is 77.2 cm³/mol. The highest BCUT2D eigenvalue weighted by Gasteiger charge is 2.54. The van der Waals surface area contributed by atoms with Crippen molar-refractivity contribution in [3.8, 4) is 5.75 Å². The number of rotatable bonds is 4. The highest BCUT2D eigenvalue weighted by Crippen LogP contribution is 2.55. The van der Waals surface area contributed by atoms with Crippen LogP contribution < -0.4 is 15.6 Å². The van der Waals surface area contributed by atoms with E-state index in [2.05, 4.69) is 10.9 Å². The first-order valence-electron chi connectivity index (χ1n) is 7.52. The van der Waals surface area contributed by atoms with Crippen LogP contribution in [0, 0.1) is 17.8 Å². The van der Waals surface area contributed by atoms with Crippen LogP contribution in [-0.2, 0) is 9.59 Å². The van der Waals surface area contributed by atoms with Gasteiger partial charge < -0.3 is 4.74 Å². The first-order chi connectivity index (χ1) is 10.3. The third kappa shape index (κ3) is 3.35. The van der Waals surface area contributed by atoms with Crippen LogP contribution in [-0.4, -0.2) is 18.4 Å². The van der Waals surface area contributed by atoms with Crippen LogP contribution in [0.25, 0.3) is 0 Å². The fourth-order valence-corrected chi connectivity index (χ4v) is 3.30. The number of ether oxygens (including phenoxy) is 1. The molecule has 2 unspecified atom stereocenters. The monoisotopic (exact) mass is 288 g/mol. The largest absolute Gasteiger partial charge is 0.484 e. The third-order valence-electron chi connectivity index (χ3n) is 4.40. The molecule has 0 aromatic heterocycles. The molecule has 5 heteroatoms. The van der Waals surface area contributed by atoms with E-state index in [1.54, 1.807) is 12.1 Å². The molecule has 5 nitrogen and oxygen atoms in total. The van der Waals surface area contributed by atoms with E-state index in [0.29, 0.717) is 17.6 Å². The van der Waals surface area contributed by atoms with Crippen molar-refractivity contribution in [2.75, 3.05) is 6.61 Å². The van der Waals surface area contributed by atoms with Crippen LogP contribution in [0.2, 0.25) is 0 Å². The SMILES string of the molecule is O=C(COc1ccccc1)NNC(=O)C1C2CCCCC21. The molecule has 0 spiro atoms. The van der Waals surface area contributed by atoms with Crippen molar-refractivity contribution >= 4 is 11.8 Å². The van der Waals surface area contributed by atoms with Crippen LogP contribution in [0.15, 0.2) is 30.3 Å². The van der Waals surface area contributed by atoms with E-state index in [1.807, 2.05) is 18.2 Å². The minimum Gasteiger partial charge on any atom is -0.484 e. The molecule has 2 saturated carbocycles. The lowest BCUT2D eigenvalue weighted by Gasteiger charge is -2.08. The molecule has 2 aliphatic carbocycles. The lowest BCUT2D eigenvalue weighted by molar-refractivity contribution is -0.130. The second-order valence-electron chi connectivity index (χ2n) is 5.78. The van der Waals surface area contributed by atoms with E-state index < -0.39 is 0 Å². The Morgan fingerprint density at radius 3 is 2.38 bits per heavy atom. The summed E-state index contributed by atoms with van der Waals surface area (Å²) in [5, 5.41) is 0. The smallest absolute Gasteiger partial charge is 0.276 e. The van der Waals surface area contributed by atoms with Crippen molar-refractivity contribution in [2.24, 2.45) is 17.8 Å². The Morgan fingerprint density at radius 1 is 1.05 bits per heavy atom. The van der Waals surface area contributed by atoms with Crippen LogP contribution in [0.3, 0.4) is 0 Å². The predicted octanol–water partition coefficient (Wildman–Crippen LogP) is 1.65. The number of nitrogens with one attached hydrogen (secondary N) is 2. The summed E-state index contributed by atoms with van der Waals surface area (Å²) in [4.78, 5) is 23.6. The first kappa shape index (κ1) is 13.9. The van der Waals surface area contributed by atoms with Crippen molar-refractivity contribution < 1.29 is 14.3 Å². The maximum absolute atomic E-state index is 12.0. The highest BCUT2D eigenvalue weighted by atomic mass is 16.5. The zero-order valence-electron chi connectivity index (χ0n) is 11.9. The molecule has 2 fully saturated rings. The van der Waals surface area contributed by atoms with Gasteiger partial charge in [0.15, 0.2) is 6.61 Å². The quantitative estimate of drug-likeness (QED) is 0.828. The van der Waals surface area contributed by atoms with Gasteiger partial charge in [0.25, 0.3) is 5.91 Å². The molecule has 0 bridgehead atoms. The normalized spacial score (nSPS) is 26.4. The summed E-state index contributed by atoms with van der Waals surface area (Å²) >= 11 is 0. The lowest BCUT2D eigenvalue weighted by Crippen LogP contribution is -2.44. The molecule has 1 aromatic rings. The van der Waals surface area contributed by atoms with Crippen LogP contribution in [0.4, 0.5) is 0 Å². The van der Waals surface area contributed by atoms with Gasteiger partial charge in [0.05, 0.1) is 0 Å². The minimum atomic E-state index is -0.351. The fraction of sp³-hybridized carbons (Fsp3) is 0.500. The summed E-state index contributed by atoms with van der Waals surface area (Å²) in [5.41, 5.74) is 4.94. The highest BCUT2D eigenvalue weighted by molar-refractivity contribution is 5.86. The second-order valence-corrected chi connectivity index (χ2v) is 5.78. The van der Waals surface area contributed by atoms with E-state index >= 15 is 0 Å². The molecule has 0 heterocycles. The van der Waals surface area contributed by atoms with Crippen LogP contribution >= 0.6 is 0 Å². The molecule has 3 rings (SSSR count). The zero-order chi connectivity index (χ0) is 14.7. The molecule has 2 aliphatic rings. The number of carbonyl (C=O) groups is 2. The first-order valence-corrected chi connectivity index (χ1v) is 7.52. The second kappa shape index (κ2) is 6.16. The Bertz CT molecular complexity index is 506. The number of hydrazine groups is 1. The van der Waals surface area contributed by atoms with Gasteiger partial charge in [-0.2, -0.15) is 0 Å². The molecule has 2 amide bonds. The average Bonchev–Trinajstić information content (AvgIpc) is 3.26. The van der Waals surface area contributed by atoms with E-state index in [1.165, 1.54) is 12.8 Å². The Kier molecular flexibility index (Phi) is 4.08. The summed E-state index contributed by atoms with van der Waals surface area (Å²) in [6.07, 6.45) is 4.74. The van der Waals surface area contributed by atoms with Gasteiger partial charge in [-0.1, -0.05) is 31.0 Å². The molecule has 0 saturated heterocycles. The topological polar surface area (TPSA) is 67.4 Å². The number of amides is 2. The lowest BCUT2D eigenvalue weighted by atomic mass is 10.0. The Labute approximate surface area is 124 Å². The number of carbonyl (C=O) groups excluding carboxylic acids is 2. The number of benzene rings is 1. The van der Waals surface area contributed by atoms with E-state index in [9.17, 15) is 9.59 Å². The summed E-state index contributed by atoms with van der Waals surface area (Å²) < 4.78 is 5.31. The van der Waals surface area contributed by atoms with Gasteiger partial charge in [0.1, 0.15) is 5.75 Å². The average molecular weight is 288 g/mol. The molecule has 0 aliphatic heterocycles. The number of para-hydroxylation sites is 1. The van der Waals surface area contributed by atoms with E-state index in [-0.39, 0.29) is 24.3 Å². The Hall–Kier alpha value is -2.04. The van der Waals surface area contributed by atoms with Gasteiger partial charge in [-0.3, -0.25) is 20.4 Å². The third-order valence-corrected chi connectivity index (χ3v) is 4.40.